The Labute approximate surface area is 144 Å². The number of rotatable bonds is 4. The molecule has 1 aliphatic heterocycles. The second-order valence-electron chi connectivity index (χ2n) is 6.88. The lowest BCUT2D eigenvalue weighted by Gasteiger charge is -2.23. The average Bonchev–Trinajstić information content (AvgIpc) is 3.16. The summed E-state index contributed by atoms with van der Waals surface area (Å²) in [4.78, 5) is 0. The van der Waals surface area contributed by atoms with Gasteiger partial charge < -0.3 is 9.84 Å². The molecule has 2 aromatic rings. The number of aromatic nitrogens is 2. The van der Waals surface area contributed by atoms with Crippen molar-refractivity contribution in [1.82, 2.24) is 9.78 Å². The molecule has 1 aromatic carbocycles. The third-order valence-electron chi connectivity index (χ3n) is 5.31. The highest BCUT2D eigenvalue weighted by Gasteiger charge is 2.40. The standard InChI is InChI=1S/C18H23BrN2O2/c1-11-8-15-14(10-20-21(15)16-4-2-3-7-23-16)18(19)17(11)13-9-12(13)5-6-22/h8,10,12-13,16,22H,2-7,9H2,1H3/t12-,13+,16?/m0/s1. The zero-order valence-corrected chi connectivity index (χ0v) is 15.1. The number of aliphatic hydroxyl groups is 1. The van der Waals surface area contributed by atoms with Crippen LogP contribution in [0.5, 0.6) is 0 Å². The fourth-order valence-corrected chi connectivity index (χ4v) is 4.89. The first kappa shape index (κ1) is 15.6. The van der Waals surface area contributed by atoms with Gasteiger partial charge in [-0.2, -0.15) is 5.10 Å². The Morgan fingerprint density at radius 1 is 1.43 bits per heavy atom. The number of nitrogens with zero attached hydrogens (tertiary/aromatic N) is 2. The van der Waals surface area contributed by atoms with E-state index in [1.165, 1.54) is 33.8 Å². The van der Waals surface area contributed by atoms with Crippen molar-refractivity contribution in [2.45, 2.75) is 51.2 Å². The Hall–Kier alpha value is -0.910. The zero-order chi connectivity index (χ0) is 16.0. The molecule has 1 unspecified atom stereocenters. The van der Waals surface area contributed by atoms with E-state index in [1.54, 1.807) is 0 Å². The van der Waals surface area contributed by atoms with E-state index < -0.39 is 0 Å². The maximum atomic E-state index is 9.16. The Morgan fingerprint density at radius 3 is 3.04 bits per heavy atom. The maximum absolute atomic E-state index is 9.16. The van der Waals surface area contributed by atoms with Crippen LogP contribution in [-0.2, 0) is 4.74 Å². The first-order chi connectivity index (χ1) is 11.2. The van der Waals surface area contributed by atoms with Gasteiger partial charge in [0.2, 0.25) is 0 Å². The molecule has 0 amide bonds. The molecule has 2 heterocycles. The Balaban J connectivity index is 1.72. The van der Waals surface area contributed by atoms with Crippen LogP contribution in [-0.4, -0.2) is 28.1 Å². The van der Waals surface area contributed by atoms with Gasteiger partial charge in [-0.3, -0.25) is 0 Å². The summed E-state index contributed by atoms with van der Waals surface area (Å²) in [5.74, 6) is 1.21. The Bertz CT molecular complexity index is 721. The Morgan fingerprint density at radius 2 is 2.30 bits per heavy atom. The molecular formula is C18H23BrN2O2. The largest absolute Gasteiger partial charge is 0.396 e. The third kappa shape index (κ3) is 2.73. The molecule has 1 aromatic heterocycles. The summed E-state index contributed by atoms with van der Waals surface area (Å²) in [5, 5.41) is 15.0. The monoisotopic (exact) mass is 378 g/mol. The second kappa shape index (κ2) is 6.19. The van der Waals surface area contributed by atoms with Crippen molar-refractivity contribution in [1.29, 1.82) is 0 Å². The topological polar surface area (TPSA) is 47.3 Å². The molecule has 1 saturated heterocycles. The minimum Gasteiger partial charge on any atom is -0.396 e. The number of fused-ring (bicyclic) bond motifs is 1. The van der Waals surface area contributed by atoms with Crippen LogP contribution in [0.1, 0.15) is 55.4 Å². The summed E-state index contributed by atoms with van der Waals surface area (Å²) in [6.07, 6.45) is 7.52. The molecule has 4 rings (SSSR count). The molecule has 0 spiro atoms. The molecule has 4 nitrogen and oxygen atoms in total. The molecule has 2 fully saturated rings. The lowest BCUT2D eigenvalue weighted by molar-refractivity contribution is -0.0366. The van der Waals surface area contributed by atoms with Gasteiger partial charge in [0.15, 0.2) is 6.23 Å². The molecule has 3 atom stereocenters. The van der Waals surface area contributed by atoms with Gasteiger partial charge in [-0.15, -0.1) is 0 Å². The average molecular weight is 379 g/mol. The van der Waals surface area contributed by atoms with Gasteiger partial charge >= 0.3 is 0 Å². The van der Waals surface area contributed by atoms with Crippen molar-refractivity contribution >= 4 is 26.8 Å². The van der Waals surface area contributed by atoms with Crippen molar-refractivity contribution in [2.75, 3.05) is 13.2 Å². The molecule has 124 valence electrons. The highest BCUT2D eigenvalue weighted by atomic mass is 79.9. The number of halogens is 1. The maximum Gasteiger partial charge on any atom is 0.150 e. The van der Waals surface area contributed by atoms with Crippen molar-refractivity contribution in [2.24, 2.45) is 5.92 Å². The van der Waals surface area contributed by atoms with E-state index in [0.29, 0.717) is 11.8 Å². The molecule has 0 radical (unpaired) electrons. The van der Waals surface area contributed by atoms with Crippen molar-refractivity contribution < 1.29 is 9.84 Å². The number of ether oxygens (including phenoxy) is 1. The highest BCUT2D eigenvalue weighted by Crippen LogP contribution is 2.53. The quantitative estimate of drug-likeness (QED) is 0.862. The first-order valence-electron chi connectivity index (χ1n) is 8.59. The fraction of sp³-hybridized carbons (Fsp3) is 0.611. The van der Waals surface area contributed by atoms with Crippen molar-refractivity contribution in [3.63, 3.8) is 0 Å². The predicted octanol–water partition coefficient (Wildman–Crippen LogP) is 4.29. The molecule has 1 saturated carbocycles. The van der Waals surface area contributed by atoms with E-state index in [9.17, 15) is 0 Å². The summed E-state index contributed by atoms with van der Waals surface area (Å²) in [6.45, 7) is 3.30. The predicted molar refractivity (Wildman–Crippen MR) is 93.6 cm³/mol. The van der Waals surface area contributed by atoms with E-state index >= 15 is 0 Å². The zero-order valence-electron chi connectivity index (χ0n) is 13.5. The molecular weight excluding hydrogens is 356 g/mol. The minimum absolute atomic E-state index is 0.0708. The molecule has 0 bridgehead atoms. The lowest BCUT2D eigenvalue weighted by Crippen LogP contribution is -2.19. The van der Waals surface area contributed by atoms with E-state index in [1.807, 2.05) is 10.9 Å². The van der Waals surface area contributed by atoms with Gasteiger partial charge in [0.1, 0.15) is 0 Å². The van der Waals surface area contributed by atoms with Gasteiger partial charge in [-0.25, -0.2) is 4.68 Å². The number of hydrogen-bond acceptors (Lipinski definition) is 3. The third-order valence-corrected chi connectivity index (χ3v) is 6.16. The van der Waals surface area contributed by atoms with Crippen LogP contribution < -0.4 is 0 Å². The summed E-state index contributed by atoms with van der Waals surface area (Å²) in [7, 11) is 0. The van der Waals surface area contributed by atoms with Crippen LogP contribution in [0.2, 0.25) is 0 Å². The normalized spacial score (nSPS) is 27.5. The van der Waals surface area contributed by atoms with Crippen LogP contribution in [0.4, 0.5) is 0 Å². The van der Waals surface area contributed by atoms with E-state index in [2.05, 4.69) is 34.0 Å². The van der Waals surface area contributed by atoms with Crippen LogP contribution in [0, 0.1) is 12.8 Å². The molecule has 1 aliphatic carbocycles. The van der Waals surface area contributed by atoms with Gasteiger partial charge in [-0.05, 0) is 84.0 Å². The lowest BCUT2D eigenvalue weighted by atomic mass is 10.00. The summed E-state index contributed by atoms with van der Waals surface area (Å²) in [6, 6.07) is 2.26. The van der Waals surface area contributed by atoms with Crippen molar-refractivity contribution in [3.8, 4) is 0 Å². The van der Waals surface area contributed by atoms with E-state index in [-0.39, 0.29) is 12.8 Å². The summed E-state index contributed by atoms with van der Waals surface area (Å²) >= 11 is 3.83. The molecule has 1 N–H and O–H groups in total. The number of benzene rings is 1. The van der Waals surface area contributed by atoms with Crippen LogP contribution in [0.3, 0.4) is 0 Å². The van der Waals surface area contributed by atoms with Crippen LogP contribution in [0.25, 0.3) is 10.9 Å². The molecule has 5 heteroatoms. The van der Waals surface area contributed by atoms with Gasteiger partial charge in [0, 0.05) is 23.1 Å². The highest BCUT2D eigenvalue weighted by molar-refractivity contribution is 9.10. The Kier molecular flexibility index (Phi) is 4.20. The van der Waals surface area contributed by atoms with E-state index in [0.717, 1.165) is 31.4 Å². The number of hydrogen-bond donors (Lipinski definition) is 1. The number of aliphatic hydroxyl groups excluding tert-OH is 1. The minimum atomic E-state index is 0.0708. The van der Waals surface area contributed by atoms with Crippen molar-refractivity contribution in [3.05, 3.63) is 27.9 Å². The molecule has 23 heavy (non-hydrogen) atoms. The van der Waals surface area contributed by atoms with Gasteiger partial charge in [-0.1, -0.05) is 0 Å². The molecule has 2 aliphatic rings. The van der Waals surface area contributed by atoms with Crippen LogP contribution >= 0.6 is 15.9 Å². The number of aryl methyl sites for hydroxylation is 1. The summed E-state index contributed by atoms with van der Waals surface area (Å²) < 4.78 is 9.14. The fourth-order valence-electron chi connectivity index (χ4n) is 3.97. The second-order valence-corrected chi connectivity index (χ2v) is 7.67. The van der Waals surface area contributed by atoms with Gasteiger partial charge in [0.25, 0.3) is 0 Å². The first-order valence-corrected chi connectivity index (χ1v) is 9.38. The van der Waals surface area contributed by atoms with Crippen LogP contribution in [0.15, 0.2) is 16.7 Å². The smallest absolute Gasteiger partial charge is 0.150 e. The summed E-state index contributed by atoms with van der Waals surface area (Å²) in [5.41, 5.74) is 3.87. The van der Waals surface area contributed by atoms with E-state index in [4.69, 9.17) is 9.84 Å². The SMILES string of the molecule is Cc1cc2c(cnn2C2CCCCO2)c(Br)c1[C@@H]1C[C@@H]1CCO. The van der Waals surface area contributed by atoms with Gasteiger partial charge in [0.05, 0.1) is 11.7 Å².